The van der Waals surface area contributed by atoms with E-state index in [1.54, 1.807) is 0 Å². The standard InChI is InChI=1S/C12H24N4O/c1-2-9-3-5-10(6-4-9)11(17)15-7-8-16-12(13)14/h9-10H,2-8H2,1H3,(H,15,17)(H4,13,14,16). The van der Waals surface area contributed by atoms with E-state index in [0.29, 0.717) is 13.1 Å². The van der Waals surface area contributed by atoms with Gasteiger partial charge in [-0.2, -0.15) is 0 Å². The molecule has 1 aliphatic rings. The van der Waals surface area contributed by atoms with Crippen LogP contribution in [0.15, 0.2) is 4.99 Å². The molecule has 0 aromatic carbocycles. The summed E-state index contributed by atoms with van der Waals surface area (Å²) in [6, 6.07) is 0. The predicted octanol–water partition coefficient (Wildman–Crippen LogP) is 0.592. The van der Waals surface area contributed by atoms with Crippen LogP contribution in [-0.4, -0.2) is 25.0 Å². The van der Waals surface area contributed by atoms with Gasteiger partial charge < -0.3 is 16.8 Å². The summed E-state index contributed by atoms with van der Waals surface area (Å²) in [5.74, 6) is 1.24. The Balaban J connectivity index is 2.18. The number of rotatable bonds is 5. The van der Waals surface area contributed by atoms with E-state index in [2.05, 4.69) is 17.2 Å². The summed E-state index contributed by atoms with van der Waals surface area (Å²) in [6.07, 6.45) is 5.64. The number of guanidine groups is 1. The van der Waals surface area contributed by atoms with Crippen molar-refractivity contribution in [3.05, 3.63) is 0 Å². The lowest BCUT2D eigenvalue weighted by atomic mass is 9.80. The number of aliphatic imine (C=N–C) groups is 1. The topological polar surface area (TPSA) is 93.5 Å². The number of nitrogens with one attached hydrogen (secondary N) is 1. The van der Waals surface area contributed by atoms with Crippen LogP contribution in [0.1, 0.15) is 39.0 Å². The number of nitrogens with two attached hydrogens (primary N) is 2. The van der Waals surface area contributed by atoms with E-state index in [1.807, 2.05) is 0 Å². The second-order valence-corrected chi connectivity index (χ2v) is 4.72. The maximum atomic E-state index is 11.8. The quantitative estimate of drug-likeness (QED) is 0.373. The Kier molecular flexibility index (Phi) is 5.80. The summed E-state index contributed by atoms with van der Waals surface area (Å²) < 4.78 is 0. The SMILES string of the molecule is CCC1CCC(C(=O)NCCN=C(N)N)CC1. The molecule has 5 nitrogen and oxygen atoms in total. The Hall–Kier alpha value is -1.26. The molecule has 0 atom stereocenters. The van der Waals surface area contributed by atoms with Crippen LogP contribution in [-0.2, 0) is 4.79 Å². The molecule has 0 aromatic heterocycles. The normalized spacial score (nSPS) is 24.1. The van der Waals surface area contributed by atoms with Crippen LogP contribution in [0.4, 0.5) is 0 Å². The molecular formula is C12H24N4O. The van der Waals surface area contributed by atoms with Crippen molar-refractivity contribution in [2.75, 3.05) is 13.1 Å². The molecule has 1 saturated carbocycles. The molecule has 0 unspecified atom stereocenters. The molecule has 98 valence electrons. The van der Waals surface area contributed by atoms with Gasteiger partial charge in [0.2, 0.25) is 5.91 Å². The summed E-state index contributed by atoms with van der Waals surface area (Å²) in [5.41, 5.74) is 10.4. The molecule has 0 aromatic rings. The van der Waals surface area contributed by atoms with E-state index in [9.17, 15) is 4.79 Å². The summed E-state index contributed by atoms with van der Waals surface area (Å²) in [6.45, 7) is 3.20. The molecule has 0 saturated heterocycles. The molecule has 17 heavy (non-hydrogen) atoms. The third-order valence-corrected chi connectivity index (χ3v) is 3.50. The zero-order valence-electron chi connectivity index (χ0n) is 10.6. The predicted molar refractivity (Wildman–Crippen MR) is 69.4 cm³/mol. The maximum absolute atomic E-state index is 11.8. The van der Waals surface area contributed by atoms with Gasteiger partial charge >= 0.3 is 0 Å². The number of hydrogen-bond donors (Lipinski definition) is 3. The average molecular weight is 240 g/mol. The fourth-order valence-electron chi connectivity index (χ4n) is 2.34. The Bertz CT molecular complexity index is 266. The molecule has 0 aliphatic heterocycles. The first kappa shape index (κ1) is 13.8. The van der Waals surface area contributed by atoms with Crippen LogP contribution in [0.2, 0.25) is 0 Å². The van der Waals surface area contributed by atoms with Gasteiger partial charge in [0.15, 0.2) is 5.96 Å². The summed E-state index contributed by atoms with van der Waals surface area (Å²) >= 11 is 0. The van der Waals surface area contributed by atoms with E-state index in [0.717, 1.165) is 18.8 Å². The fraction of sp³-hybridized carbons (Fsp3) is 0.833. The zero-order chi connectivity index (χ0) is 12.7. The van der Waals surface area contributed by atoms with Crippen molar-refractivity contribution in [3.63, 3.8) is 0 Å². The summed E-state index contributed by atoms with van der Waals surface area (Å²) in [5, 5.41) is 2.88. The highest BCUT2D eigenvalue weighted by atomic mass is 16.1. The van der Waals surface area contributed by atoms with Crippen LogP contribution in [0, 0.1) is 11.8 Å². The minimum Gasteiger partial charge on any atom is -0.370 e. The van der Waals surface area contributed by atoms with Crippen LogP contribution in [0.3, 0.4) is 0 Å². The Morgan fingerprint density at radius 1 is 1.29 bits per heavy atom. The molecule has 1 aliphatic carbocycles. The fourth-order valence-corrected chi connectivity index (χ4v) is 2.34. The highest BCUT2D eigenvalue weighted by molar-refractivity contribution is 5.78. The van der Waals surface area contributed by atoms with Crippen LogP contribution >= 0.6 is 0 Å². The lowest BCUT2D eigenvalue weighted by Crippen LogP contribution is -2.35. The van der Waals surface area contributed by atoms with Gasteiger partial charge in [0.05, 0.1) is 6.54 Å². The number of nitrogens with zero attached hydrogens (tertiary/aromatic N) is 1. The van der Waals surface area contributed by atoms with Crippen LogP contribution < -0.4 is 16.8 Å². The van der Waals surface area contributed by atoms with Crippen LogP contribution in [0.5, 0.6) is 0 Å². The summed E-state index contributed by atoms with van der Waals surface area (Å²) in [7, 11) is 0. The van der Waals surface area contributed by atoms with Crippen molar-refractivity contribution in [1.29, 1.82) is 0 Å². The number of carbonyl (C=O) groups is 1. The van der Waals surface area contributed by atoms with Gasteiger partial charge in [0, 0.05) is 12.5 Å². The molecule has 5 heteroatoms. The van der Waals surface area contributed by atoms with Crippen molar-refractivity contribution in [2.24, 2.45) is 28.3 Å². The van der Waals surface area contributed by atoms with Crippen molar-refractivity contribution in [2.45, 2.75) is 39.0 Å². The van der Waals surface area contributed by atoms with Gasteiger partial charge in [-0.1, -0.05) is 13.3 Å². The van der Waals surface area contributed by atoms with Crippen molar-refractivity contribution < 1.29 is 4.79 Å². The van der Waals surface area contributed by atoms with E-state index >= 15 is 0 Å². The van der Waals surface area contributed by atoms with Gasteiger partial charge in [0.25, 0.3) is 0 Å². The second kappa shape index (κ2) is 7.14. The lowest BCUT2D eigenvalue weighted by molar-refractivity contribution is -0.126. The third kappa shape index (κ3) is 5.06. The van der Waals surface area contributed by atoms with E-state index in [4.69, 9.17) is 11.5 Å². The Morgan fingerprint density at radius 2 is 1.94 bits per heavy atom. The maximum Gasteiger partial charge on any atom is 0.223 e. The third-order valence-electron chi connectivity index (χ3n) is 3.50. The van der Waals surface area contributed by atoms with Gasteiger partial charge in [-0.3, -0.25) is 9.79 Å². The van der Waals surface area contributed by atoms with E-state index in [-0.39, 0.29) is 17.8 Å². The molecular weight excluding hydrogens is 216 g/mol. The van der Waals surface area contributed by atoms with Gasteiger partial charge in [-0.05, 0) is 31.6 Å². The second-order valence-electron chi connectivity index (χ2n) is 4.72. The van der Waals surface area contributed by atoms with Gasteiger partial charge in [-0.15, -0.1) is 0 Å². The van der Waals surface area contributed by atoms with Crippen molar-refractivity contribution in [1.82, 2.24) is 5.32 Å². The number of hydrogen-bond acceptors (Lipinski definition) is 2. The van der Waals surface area contributed by atoms with Crippen molar-refractivity contribution >= 4 is 11.9 Å². The van der Waals surface area contributed by atoms with Gasteiger partial charge in [0.1, 0.15) is 0 Å². The van der Waals surface area contributed by atoms with Crippen LogP contribution in [0.25, 0.3) is 0 Å². The molecule has 1 fully saturated rings. The monoisotopic (exact) mass is 240 g/mol. The largest absolute Gasteiger partial charge is 0.370 e. The molecule has 0 radical (unpaired) electrons. The molecule has 1 rings (SSSR count). The summed E-state index contributed by atoms with van der Waals surface area (Å²) in [4.78, 5) is 15.6. The highest BCUT2D eigenvalue weighted by Gasteiger charge is 2.24. The van der Waals surface area contributed by atoms with Crippen molar-refractivity contribution in [3.8, 4) is 0 Å². The molecule has 1 amide bonds. The van der Waals surface area contributed by atoms with E-state index < -0.39 is 0 Å². The molecule has 0 bridgehead atoms. The molecule has 5 N–H and O–H groups in total. The highest BCUT2D eigenvalue weighted by Crippen LogP contribution is 2.30. The Labute approximate surface area is 103 Å². The first-order chi connectivity index (χ1) is 8.13. The number of amides is 1. The first-order valence-electron chi connectivity index (χ1n) is 6.46. The minimum atomic E-state index is 0.0719. The molecule has 0 spiro atoms. The van der Waals surface area contributed by atoms with E-state index in [1.165, 1.54) is 19.3 Å². The zero-order valence-corrected chi connectivity index (χ0v) is 10.6. The Morgan fingerprint density at radius 3 is 2.47 bits per heavy atom. The molecule has 0 heterocycles. The van der Waals surface area contributed by atoms with Gasteiger partial charge in [-0.25, -0.2) is 0 Å². The average Bonchev–Trinajstić information content (AvgIpc) is 2.34. The minimum absolute atomic E-state index is 0.0719. The smallest absolute Gasteiger partial charge is 0.223 e. The number of carbonyl (C=O) groups excluding carboxylic acids is 1. The first-order valence-corrected chi connectivity index (χ1v) is 6.46. The lowest BCUT2D eigenvalue weighted by Gasteiger charge is -2.26.